The van der Waals surface area contributed by atoms with Crippen molar-refractivity contribution < 1.29 is 14.3 Å². The van der Waals surface area contributed by atoms with Crippen LogP contribution in [0.1, 0.15) is 51.0 Å². The lowest BCUT2D eigenvalue weighted by Crippen LogP contribution is -2.58. The van der Waals surface area contributed by atoms with Crippen molar-refractivity contribution in [2.24, 2.45) is 0 Å². The summed E-state index contributed by atoms with van der Waals surface area (Å²) in [6, 6.07) is 8.19. The molecule has 1 unspecified atom stereocenters. The monoisotopic (exact) mass is 426 g/mol. The van der Waals surface area contributed by atoms with Crippen LogP contribution >= 0.6 is 11.3 Å². The summed E-state index contributed by atoms with van der Waals surface area (Å²) in [5.41, 5.74) is 2.57. The number of aryl methyl sites for hydroxylation is 3. The number of ketones is 1. The molecule has 1 fully saturated rings. The van der Waals surface area contributed by atoms with Crippen LogP contribution < -0.4 is 4.74 Å². The first kappa shape index (κ1) is 21.1. The number of carbonyl (C=O) groups is 2. The van der Waals surface area contributed by atoms with Crippen LogP contribution in [0, 0.1) is 20.8 Å². The van der Waals surface area contributed by atoms with Crippen molar-refractivity contribution >= 4 is 23.0 Å². The number of rotatable bonds is 3. The third kappa shape index (κ3) is 4.30. The molecule has 2 aliphatic rings. The maximum atomic E-state index is 13.0. The average molecular weight is 427 g/mol. The molecule has 0 bridgehead atoms. The van der Waals surface area contributed by atoms with E-state index in [4.69, 9.17) is 4.74 Å². The second kappa shape index (κ2) is 8.16. The van der Waals surface area contributed by atoms with E-state index in [1.54, 1.807) is 18.3 Å². The second-order valence-electron chi connectivity index (χ2n) is 8.84. The first-order valence-corrected chi connectivity index (χ1v) is 11.4. The Hall–Kier alpha value is -2.18. The summed E-state index contributed by atoms with van der Waals surface area (Å²) < 4.78 is 6.62. The molecule has 1 saturated heterocycles. The van der Waals surface area contributed by atoms with Crippen LogP contribution in [0.5, 0.6) is 5.75 Å². The fourth-order valence-electron chi connectivity index (χ4n) is 4.76. The number of fused-ring (bicyclic) bond motifs is 1. The molecule has 0 N–H and O–H groups in total. The van der Waals surface area contributed by atoms with Crippen molar-refractivity contribution in [3.8, 4) is 5.75 Å². The van der Waals surface area contributed by atoms with E-state index in [1.807, 2.05) is 30.9 Å². The third-order valence-electron chi connectivity index (χ3n) is 6.16. The van der Waals surface area contributed by atoms with Gasteiger partial charge in [0.2, 0.25) is 5.91 Å². The summed E-state index contributed by atoms with van der Waals surface area (Å²) >= 11 is 1.67. The molecule has 30 heavy (non-hydrogen) atoms. The summed E-state index contributed by atoms with van der Waals surface area (Å²) in [4.78, 5) is 31.7. The zero-order valence-corrected chi connectivity index (χ0v) is 19.1. The van der Waals surface area contributed by atoms with Gasteiger partial charge >= 0.3 is 0 Å². The van der Waals surface area contributed by atoms with E-state index in [1.165, 1.54) is 4.88 Å². The first-order valence-electron chi connectivity index (χ1n) is 10.6. The van der Waals surface area contributed by atoms with Gasteiger partial charge in [0.05, 0.1) is 13.1 Å². The van der Waals surface area contributed by atoms with Gasteiger partial charge in [0.25, 0.3) is 0 Å². The Kier molecular flexibility index (Phi) is 5.73. The van der Waals surface area contributed by atoms with Crippen LogP contribution in [0.2, 0.25) is 0 Å². The lowest BCUT2D eigenvalue weighted by molar-refractivity contribution is -0.133. The Labute approximate surface area is 182 Å². The quantitative estimate of drug-likeness (QED) is 0.693. The van der Waals surface area contributed by atoms with E-state index >= 15 is 0 Å². The number of Topliss-reactive ketones (excluding diaryl/α,β-unsaturated/α-hetero) is 1. The maximum absolute atomic E-state index is 13.0. The number of hydrogen-bond donors (Lipinski definition) is 0. The molecule has 1 aromatic carbocycles. The second-order valence-corrected chi connectivity index (χ2v) is 10.3. The molecule has 1 amide bonds. The van der Waals surface area contributed by atoms with Crippen LogP contribution in [0.4, 0.5) is 0 Å². The van der Waals surface area contributed by atoms with Gasteiger partial charge in [-0.2, -0.15) is 0 Å². The summed E-state index contributed by atoms with van der Waals surface area (Å²) in [5.74, 6) is 1.09. The van der Waals surface area contributed by atoms with E-state index in [-0.39, 0.29) is 11.7 Å². The van der Waals surface area contributed by atoms with Gasteiger partial charge in [-0.1, -0.05) is 17.7 Å². The largest absolute Gasteiger partial charge is 0.484 e. The molecular formula is C24H30N2O3S. The Bertz CT molecular complexity index is 983. The highest BCUT2D eigenvalue weighted by molar-refractivity contribution is 7.12. The Morgan fingerprint density at radius 3 is 2.67 bits per heavy atom. The molecule has 6 heteroatoms. The molecule has 0 radical (unpaired) electrons. The lowest BCUT2D eigenvalue weighted by atomic mass is 9.91. The van der Waals surface area contributed by atoms with Crippen LogP contribution in [-0.2, 0) is 11.3 Å². The molecule has 160 valence electrons. The number of thiophene rings is 1. The zero-order valence-electron chi connectivity index (χ0n) is 18.3. The summed E-state index contributed by atoms with van der Waals surface area (Å²) in [7, 11) is 0. The number of hydrogen-bond acceptors (Lipinski definition) is 5. The molecule has 1 atom stereocenters. The topological polar surface area (TPSA) is 49.9 Å². The van der Waals surface area contributed by atoms with Crippen molar-refractivity contribution in [3.05, 3.63) is 50.7 Å². The number of nitrogens with zero attached hydrogens (tertiary/aromatic N) is 2. The average Bonchev–Trinajstić information content (AvgIpc) is 2.93. The van der Waals surface area contributed by atoms with E-state index in [0.29, 0.717) is 26.2 Å². The zero-order chi connectivity index (χ0) is 21.5. The molecule has 0 aliphatic carbocycles. The van der Waals surface area contributed by atoms with Crippen LogP contribution in [0.25, 0.3) is 0 Å². The molecule has 1 aromatic heterocycles. The van der Waals surface area contributed by atoms with Gasteiger partial charge in [0, 0.05) is 40.9 Å². The van der Waals surface area contributed by atoms with Gasteiger partial charge in [0.15, 0.2) is 5.78 Å². The van der Waals surface area contributed by atoms with Crippen LogP contribution in [-0.4, -0.2) is 53.3 Å². The smallest absolute Gasteiger partial charge is 0.219 e. The van der Waals surface area contributed by atoms with E-state index in [2.05, 4.69) is 24.0 Å². The maximum Gasteiger partial charge on any atom is 0.219 e. The molecular weight excluding hydrogens is 396 g/mol. The number of carbonyl (C=O) groups excluding carboxylic acids is 2. The molecule has 0 saturated carbocycles. The lowest BCUT2D eigenvalue weighted by Gasteiger charge is -2.43. The van der Waals surface area contributed by atoms with Gasteiger partial charge < -0.3 is 9.64 Å². The van der Waals surface area contributed by atoms with Gasteiger partial charge in [-0.15, -0.1) is 11.3 Å². The van der Waals surface area contributed by atoms with Crippen LogP contribution in [0.15, 0.2) is 24.3 Å². The summed E-state index contributed by atoms with van der Waals surface area (Å²) in [5, 5.41) is 0. The normalized spacial score (nSPS) is 21.8. The van der Waals surface area contributed by atoms with Crippen molar-refractivity contribution in [1.82, 2.24) is 9.80 Å². The predicted octanol–water partition coefficient (Wildman–Crippen LogP) is 4.13. The third-order valence-corrected chi connectivity index (χ3v) is 7.12. The van der Waals surface area contributed by atoms with Crippen LogP contribution in [0.3, 0.4) is 0 Å². The highest BCUT2D eigenvalue weighted by Crippen LogP contribution is 2.35. The first-order chi connectivity index (χ1) is 14.2. The van der Waals surface area contributed by atoms with Crippen molar-refractivity contribution in [2.75, 3.05) is 26.2 Å². The number of amides is 1. The molecule has 2 aliphatic heterocycles. The minimum atomic E-state index is -0.482. The number of benzene rings is 1. The minimum absolute atomic E-state index is 0.0601. The molecule has 1 spiro atoms. The number of ether oxygens (including phenoxy) is 1. The number of likely N-dealkylation sites (tertiary alicyclic amines) is 1. The number of piperidine rings is 1. The summed E-state index contributed by atoms with van der Waals surface area (Å²) in [6.07, 6.45) is 1.83. The fraction of sp³-hybridized carbons (Fsp3) is 0.500. The van der Waals surface area contributed by atoms with Crippen molar-refractivity contribution in [1.29, 1.82) is 0 Å². The molecule has 4 rings (SSSR count). The van der Waals surface area contributed by atoms with E-state index in [9.17, 15) is 9.59 Å². The SMILES string of the molecule is CC(=O)N1Cc2cc(C)ccc2OC2(CCCN(CC(=O)c3cc(C)sc3C)C2)C1. The van der Waals surface area contributed by atoms with Crippen molar-refractivity contribution in [3.63, 3.8) is 0 Å². The predicted molar refractivity (Wildman–Crippen MR) is 119 cm³/mol. The Morgan fingerprint density at radius 2 is 1.97 bits per heavy atom. The van der Waals surface area contributed by atoms with Crippen molar-refractivity contribution in [2.45, 2.75) is 52.7 Å². The highest BCUT2D eigenvalue weighted by Gasteiger charge is 2.42. The van der Waals surface area contributed by atoms with Gasteiger partial charge in [-0.25, -0.2) is 0 Å². The molecule has 3 heterocycles. The van der Waals surface area contributed by atoms with E-state index in [0.717, 1.165) is 46.7 Å². The Balaban J connectivity index is 1.57. The Morgan fingerprint density at radius 1 is 1.17 bits per heavy atom. The van der Waals surface area contributed by atoms with E-state index < -0.39 is 5.60 Å². The summed E-state index contributed by atoms with van der Waals surface area (Å²) in [6.45, 7) is 10.8. The molecule has 2 aromatic rings. The standard InChI is InChI=1S/C24H30N2O3S/c1-16-6-7-23-20(10-16)12-26(19(4)27)15-24(29-23)8-5-9-25(14-24)13-22(28)21-11-17(2)30-18(21)3/h6-7,10-11H,5,8-9,12-15H2,1-4H3. The molecule has 5 nitrogen and oxygen atoms in total. The van der Waals surface area contributed by atoms with Gasteiger partial charge in [-0.05, 0) is 52.3 Å². The fourth-order valence-corrected chi connectivity index (χ4v) is 5.71. The van der Waals surface area contributed by atoms with Gasteiger partial charge in [-0.3, -0.25) is 14.5 Å². The van der Waals surface area contributed by atoms with Gasteiger partial charge in [0.1, 0.15) is 11.4 Å². The highest BCUT2D eigenvalue weighted by atomic mass is 32.1. The minimum Gasteiger partial charge on any atom is -0.484 e.